The summed E-state index contributed by atoms with van der Waals surface area (Å²) in [6.45, 7) is 5.63. The minimum atomic E-state index is -4.65. The standard InChI is InChI=1S/C15H17F3N4O2/c1-14(2,3)9-6-4-5-7-10(9)24-8-11(23)19-13-20-12(21-22-13)15(16,17)18/h4-7H,8H2,1-3H3,(H2,19,20,21,22,23). The molecule has 0 aliphatic rings. The second-order valence-electron chi connectivity index (χ2n) is 6.09. The predicted molar refractivity (Wildman–Crippen MR) is 80.7 cm³/mol. The number of hydrogen-bond acceptors (Lipinski definition) is 4. The molecule has 0 aliphatic carbocycles. The van der Waals surface area contributed by atoms with Crippen LogP contribution in [0.2, 0.25) is 0 Å². The number of nitrogens with zero attached hydrogens (tertiary/aromatic N) is 2. The van der Waals surface area contributed by atoms with E-state index in [2.05, 4.69) is 15.4 Å². The second kappa shape index (κ2) is 6.50. The smallest absolute Gasteiger partial charge is 0.451 e. The summed E-state index contributed by atoms with van der Waals surface area (Å²) in [7, 11) is 0. The first-order valence-corrected chi connectivity index (χ1v) is 7.09. The van der Waals surface area contributed by atoms with Gasteiger partial charge in [-0.05, 0) is 17.0 Å². The van der Waals surface area contributed by atoms with Crippen LogP contribution in [0, 0.1) is 0 Å². The lowest BCUT2D eigenvalue weighted by Crippen LogP contribution is -2.22. The lowest BCUT2D eigenvalue weighted by molar-refractivity contribution is -0.144. The monoisotopic (exact) mass is 342 g/mol. The zero-order chi connectivity index (χ0) is 18.0. The number of aromatic amines is 1. The van der Waals surface area contributed by atoms with E-state index < -0.39 is 23.9 Å². The number of hydrogen-bond donors (Lipinski definition) is 2. The van der Waals surface area contributed by atoms with Crippen LogP contribution in [0.25, 0.3) is 0 Å². The second-order valence-corrected chi connectivity index (χ2v) is 6.09. The fourth-order valence-corrected chi connectivity index (χ4v) is 1.96. The van der Waals surface area contributed by atoms with Gasteiger partial charge in [0, 0.05) is 0 Å². The van der Waals surface area contributed by atoms with Crippen LogP contribution in [0.3, 0.4) is 0 Å². The molecule has 2 rings (SSSR count). The molecule has 0 spiro atoms. The van der Waals surface area contributed by atoms with Gasteiger partial charge in [0.2, 0.25) is 11.8 Å². The highest BCUT2D eigenvalue weighted by Crippen LogP contribution is 2.31. The van der Waals surface area contributed by atoms with Crippen molar-refractivity contribution in [1.82, 2.24) is 15.2 Å². The third-order valence-electron chi connectivity index (χ3n) is 3.06. The first kappa shape index (κ1) is 17.8. The number of ether oxygens (including phenoxy) is 1. The molecule has 2 N–H and O–H groups in total. The lowest BCUT2D eigenvalue weighted by atomic mass is 9.86. The molecule has 1 heterocycles. The summed E-state index contributed by atoms with van der Waals surface area (Å²) < 4.78 is 42.7. The number of H-pyrrole nitrogens is 1. The van der Waals surface area contributed by atoms with E-state index in [1.807, 2.05) is 32.9 Å². The number of para-hydroxylation sites is 1. The molecule has 0 atom stereocenters. The normalized spacial score (nSPS) is 12.1. The van der Waals surface area contributed by atoms with Gasteiger partial charge in [0.25, 0.3) is 5.91 Å². The van der Waals surface area contributed by atoms with E-state index in [0.717, 1.165) is 5.56 Å². The van der Waals surface area contributed by atoms with Crippen molar-refractivity contribution in [2.45, 2.75) is 32.4 Å². The van der Waals surface area contributed by atoms with Gasteiger partial charge in [0.05, 0.1) is 0 Å². The quantitative estimate of drug-likeness (QED) is 0.895. The van der Waals surface area contributed by atoms with Gasteiger partial charge in [-0.25, -0.2) is 0 Å². The molecule has 1 aromatic carbocycles. The number of amides is 1. The molecule has 0 saturated heterocycles. The highest BCUT2D eigenvalue weighted by molar-refractivity contribution is 5.90. The molecule has 0 bridgehead atoms. The van der Waals surface area contributed by atoms with E-state index in [1.54, 1.807) is 17.2 Å². The highest BCUT2D eigenvalue weighted by atomic mass is 19.4. The van der Waals surface area contributed by atoms with E-state index in [4.69, 9.17) is 4.74 Å². The van der Waals surface area contributed by atoms with E-state index in [1.165, 1.54) is 0 Å². The first-order chi connectivity index (χ1) is 11.1. The van der Waals surface area contributed by atoms with Crippen LogP contribution in [0.1, 0.15) is 32.2 Å². The topological polar surface area (TPSA) is 79.9 Å². The van der Waals surface area contributed by atoms with Gasteiger partial charge in [-0.1, -0.05) is 39.0 Å². The van der Waals surface area contributed by atoms with E-state index in [0.29, 0.717) is 5.75 Å². The number of nitrogens with one attached hydrogen (secondary N) is 2. The third kappa shape index (κ3) is 4.46. The Bertz CT molecular complexity index is 720. The molecule has 0 fully saturated rings. The van der Waals surface area contributed by atoms with Crippen molar-refractivity contribution < 1.29 is 22.7 Å². The molecule has 1 aromatic heterocycles. The molecule has 0 saturated carbocycles. The minimum absolute atomic E-state index is 0.182. The molecule has 9 heteroatoms. The summed E-state index contributed by atoms with van der Waals surface area (Å²) >= 11 is 0. The van der Waals surface area contributed by atoms with E-state index in [-0.39, 0.29) is 12.0 Å². The number of carbonyl (C=O) groups excluding carboxylic acids is 1. The molecule has 24 heavy (non-hydrogen) atoms. The molecule has 0 unspecified atom stereocenters. The average molecular weight is 342 g/mol. The Kier molecular flexibility index (Phi) is 4.81. The maximum atomic E-state index is 12.4. The summed E-state index contributed by atoms with van der Waals surface area (Å²) in [4.78, 5) is 14.9. The predicted octanol–water partition coefficient (Wildman–Crippen LogP) is 3.14. The number of halogens is 3. The summed E-state index contributed by atoms with van der Waals surface area (Å²) in [5.41, 5.74) is 0.730. The number of anilines is 1. The first-order valence-electron chi connectivity index (χ1n) is 7.09. The van der Waals surface area contributed by atoms with Gasteiger partial charge in [0.15, 0.2) is 6.61 Å². The lowest BCUT2D eigenvalue weighted by Gasteiger charge is -2.22. The third-order valence-corrected chi connectivity index (χ3v) is 3.06. The van der Waals surface area contributed by atoms with Gasteiger partial charge in [-0.3, -0.25) is 15.2 Å². The van der Waals surface area contributed by atoms with Crippen LogP contribution in [-0.4, -0.2) is 27.7 Å². The summed E-state index contributed by atoms with van der Waals surface area (Å²) in [6.07, 6.45) is -4.65. The summed E-state index contributed by atoms with van der Waals surface area (Å²) in [6, 6.07) is 7.24. The number of alkyl halides is 3. The Labute approximate surface area is 136 Å². The van der Waals surface area contributed by atoms with Gasteiger partial charge < -0.3 is 4.74 Å². The van der Waals surface area contributed by atoms with Crippen molar-refractivity contribution in [3.05, 3.63) is 35.7 Å². The largest absolute Gasteiger partial charge is 0.483 e. The Morgan fingerprint density at radius 1 is 1.25 bits per heavy atom. The van der Waals surface area contributed by atoms with Gasteiger partial charge >= 0.3 is 6.18 Å². The number of benzene rings is 1. The van der Waals surface area contributed by atoms with Crippen LogP contribution in [0.4, 0.5) is 19.1 Å². The Hall–Kier alpha value is -2.58. The molecular weight excluding hydrogens is 325 g/mol. The van der Waals surface area contributed by atoms with Crippen LogP contribution >= 0.6 is 0 Å². The van der Waals surface area contributed by atoms with E-state index >= 15 is 0 Å². The van der Waals surface area contributed by atoms with E-state index in [9.17, 15) is 18.0 Å². The Morgan fingerprint density at radius 3 is 2.50 bits per heavy atom. The highest BCUT2D eigenvalue weighted by Gasteiger charge is 2.35. The van der Waals surface area contributed by atoms with Crippen molar-refractivity contribution in [1.29, 1.82) is 0 Å². The SMILES string of the molecule is CC(C)(C)c1ccccc1OCC(=O)Nc1n[nH]c(C(F)(F)F)n1. The number of rotatable bonds is 4. The van der Waals surface area contributed by atoms with Crippen LogP contribution in [-0.2, 0) is 16.4 Å². The van der Waals surface area contributed by atoms with Crippen molar-refractivity contribution in [2.24, 2.45) is 0 Å². The zero-order valence-corrected chi connectivity index (χ0v) is 13.4. The minimum Gasteiger partial charge on any atom is -0.483 e. The number of carbonyl (C=O) groups is 1. The fraction of sp³-hybridized carbons (Fsp3) is 0.400. The van der Waals surface area contributed by atoms with Crippen molar-refractivity contribution in [3.63, 3.8) is 0 Å². The average Bonchev–Trinajstić information content (AvgIpc) is 2.93. The molecule has 6 nitrogen and oxygen atoms in total. The molecule has 0 radical (unpaired) electrons. The molecular formula is C15H17F3N4O2. The fourth-order valence-electron chi connectivity index (χ4n) is 1.96. The van der Waals surface area contributed by atoms with Gasteiger partial charge in [-0.2, -0.15) is 18.2 Å². The van der Waals surface area contributed by atoms with Gasteiger partial charge in [0.1, 0.15) is 5.75 Å². The van der Waals surface area contributed by atoms with Crippen molar-refractivity contribution in [3.8, 4) is 5.75 Å². The molecule has 2 aromatic rings. The zero-order valence-electron chi connectivity index (χ0n) is 13.4. The molecule has 1 amide bonds. The Balaban J connectivity index is 1.98. The number of aromatic nitrogens is 3. The van der Waals surface area contributed by atoms with Gasteiger partial charge in [-0.15, -0.1) is 5.10 Å². The summed E-state index contributed by atoms with van der Waals surface area (Å²) in [5.74, 6) is -1.87. The van der Waals surface area contributed by atoms with Crippen LogP contribution in [0.5, 0.6) is 5.75 Å². The van der Waals surface area contributed by atoms with Crippen molar-refractivity contribution in [2.75, 3.05) is 11.9 Å². The Morgan fingerprint density at radius 2 is 1.92 bits per heavy atom. The molecule has 130 valence electrons. The van der Waals surface area contributed by atoms with Crippen molar-refractivity contribution >= 4 is 11.9 Å². The maximum absolute atomic E-state index is 12.4. The van der Waals surface area contributed by atoms with Crippen LogP contribution < -0.4 is 10.1 Å². The summed E-state index contributed by atoms with van der Waals surface area (Å²) in [5, 5.41) is 7.15. The maximum Gasteiger partial charge on any atom is 0.451 e. The van der Waals surface area contributed by atoms with Crippen LogP contribution in [0.15, 0.2) is 24.3 Å². The molecule has 0 aliphatic heterocycles.